The highest BCUT2D eigenvalue weighted by atomic mass is 16.3. The standard InChI is InChI=1S/C13H18N4O2/c1-2-17(5-6-18)13(19)9-14-11-4-3-10-8-15-16-12(10)7-11/h3-4,7-8,14,18H,2,5-6,9H2,1H3,(H,15,16). The zero-order valence-corrected chi connectivity index (χ0v) is 10.9. The Hall–Kier alpha value is -2.08. The smallest absolute Gasteiger partial charge is 0.241 e. The number of fused-ring (bicyclic) bond motifs is 1. The lowest BCUT2D eigenvalue weighted by Gasteiger charge is -2.20. The Balaban J connectivity index is 1.95. The summed E-state index contributed by atoms with van der Waals surface area (Å²) in [4.78, 5) is 13.5. The summed E-state index contributed by atoms with van der Waals surface area (Å²) in [7, 11) is 0. The van der Waals surface area contributed by atoms with Gasteiger partial charge in [-0.25, -0.2) is 0 Å². The number of carbonyl (C=O) groups excluding carboxylic acids is 1. The van der Waals surface area contributed by atoms with Gasteiger partial charge < -0.3 is 15.3 Å². The van der Waals surface area contributed by atoms with Crippen molar-refractivity contribution in [2.75, 3.05) is 31.6 Å². The number of nitrogens with one attached hydrogen (secondary N) is 2. The van der Waals surface area contributed by atoms with E-state index in [1.54, 1.807) is 11.1 Å². The number of aliphatic hydroxyl groups excluding tert-OH is 1. The van der Waals surface area contributed by atoms with Crippen molar-refractivity contribution in [3.63, 3.8) is 0 Å². The molecule has 102 valence electrons. The number of H-pyrrole nitrogens is 1. The summed E-state index contributed by atoms with van der Waals surface area (Å²) in [6.07, 6.45) is 1.75. The highest BCUT2D eigenvalue weighted by Gasteiger charge is 2.10. The van der Waals surface area contributed by atoms with Gasteiger partial charge in [0.1, 0.15) is 0 Å². The van der Waals surface area contributed by atoms with Crippen LogP contribution in [0.25, 0.3) is 10.9 Å². The number of aliphatic hydroxyl groups is 1. The van der Waals surface area contributed by atoms with Crippen LogP contribution >= 0.6 is 0 Å². The van der Waals surface area contributed by atoms with Crippen molar-refractivity contribution in [1.29, 1.82) is 0 Å². The molecule has 2 aromatic rings. The summed E-state index contributed by atoms with van der Waals surface area (Å²) in [5.41, 5.74) is 1.80. The van der Waals surface area contributed by atoms with Gasteiger partial charge in [0.05, 0.1) is 24.9 Å². The summed E-state index contributed by atoms with van der Waals surface area (Å²) in [6.45, 7) is 3.06. The molecule has 0 atom stereocenters. The molecule has 1 heterocycles. The van der Waals surface area contributed by atoms with E-state index in [2.05, 4.69) is 15.5 Å². The molecule has 19 heavy (non-hydrogen) atoms. The molecule has 0 fully saturated rings. The third-order valence-electron chi connectivity index (χ3n) is 2.99. The van der Waals surface area contributed by atoms with Crippen LogP contribution in [0.4, 0.5) is 5.69 Å². The molecule has 0 radical (unpaired) electrons. The first kappa shape index (κ1) is 13.4. The number of rotatable bonds is 6. The largest absolute Gasteiger partial charge is 0.395 e. The number of aromatic nitrogens is 2. The Morgan fingerprint density at radius 3 is 3.11 bits per heavy atom. The van der Waals surface area contributed by atoms with Crippen molar-refractivity contribution < 1.29 is 9.90 Å². The number of aromatic amines is 1. The van der Waals surface area contributed by atoms with Crippen molar-refractivity contribution in [3.05, 3.63) is 24.4 Å². The molecule has 6 heteroatoms. The Morgan fingerprint density at radius 1 is 1.53 bits per heavy atom. The van der Waals surface area contributed by atoms with Crippen molar-refractivity contribution in [2.24, 2.45) is 0 Å². The minimum atomic E-state index is -0.0266. The lowest BCUT2D eigenvalue weighted by Crippen LogP contribution is -2.37. The molecule has 0 aliphatic heterocycles. The average Bonchev–Trinajstić information content (AvgIpc) is 2.89. The molecule has 1 aromatic heterocycles. The van der Waals surface area contributed by atoms with Gasteiger partial charge >= 0.3 is 0 Å². The fourth-order valence-corrected chi connectivity index (χ4v) is 1.92. The summed E-state index contributed by atoms with van der Waals surface area (Å²) < 4.78 is 0. The zero-order chi connectivity index (χ0) is 13.7. The van der Waals surface area contributed by atoms with Crippen LogP contribution in [0.1, 0.15) is 6.92 Å². The molecule has 2 rings (SSSR count). The third kappa shape index (κ3) is 3.23. The minimum Gasteiger partial charge on any atom is -0.395 e. The molecule has 6 nitrogen and oxygen atoms in total. The zero-order valence-electron chi connectivity index (χ0n) is 10.9. The quantitative estimate of drug-likeness (QED) is 0.720. The van der Waals surface area contributed by atoms with Gasteiger partial charge in [0.2, 0.25) is 5.91 Å². The molecule has 0 aliphatic carbocycles. The summed E-state index contributed by atoms with van der Waals surface area (Å²) in [6, 6.07) is 5.77. The maximum atomic E-state index is 11.9. The summed E-state index contributed by atoms with van der Waals surface area (Å²) >= 11 is 0. The number of amides is 1. The Bertz CT molecular complexity index is 552. The van der Waals surface area contributed by atoms with Gasteiger partial charge in [-0.05, 0) is 25.1 Å². The molecule has 0 spiro atoms. The van der Waals surface area contributed by atoms with Gasteiger partial charge in [0.25, 0.3) is 0 Å². The molecule has 0 bridgehead atoms. The maximum absolute atomic E-state index is 11.9. The van der Waals surface area contributed by atoms with Gasteiger partial charge in [-0.1, -0.05) is 0 Å². The fourth-order valence-electron chi connectivity index (χ4n) is 1.92. The molecule has 0 saturated heterocycles. The predicted molar refractivity (Wildman–Crippen MR) is 73.9 cm³/mol. The SMILES string of the molecule is CCN(CCO)C(=O)CNc1ccc2cn[nH]c2c1. The van der Waals surface area contributed by atoms with Gasteiger partial charge in [-0.15, -0.1) is 0 Å². The molecule has 1 amide bonds. The number of carbonyl (C=O) groups is 1. The lowest BCUT2D eigenvalue weighted by atomic mass is 10.2. The highest BCUT2D eigenvalue weighted by Crippen LogP contribution is 2.16. The van der Waals surface area contributed by atoms with E-state index in [9.17, 15) is 4.79 Å². The lowest BCUT2D eigenvalue weighted by molar-refractivity contribution is -0.129. The van der Waals surface area contributed by atoms with E-state index >= 15 is 0 Å². The number of benzene rings is 1. The molecular formula is C13H18N4O2. The first-order valence-corrected chi connectivity index (χ1v) is 6.30. The van der Waals surface area contributed by atoms with E-state index < -0.39 is 0 Å². The van der Waals surface area contributed by atoms with Gasteiger partial charge in [0.15, 0.2) is 0 Å². The van der Waals surface area contributed by atoms with Gasteiger partial charge in [-0.2, -0.15) is 5.10 Å². The van der Waals surface area contributed by atoms with E-state index in [0.29, 0.717) is 13.1 Å². The van der Waals surface area contributed by atoms with Crippen LogP contribution in [0.5, 0.6) is 0 Å². The van der Waals surface area contributed by atoms with Gasteiger partial charge in [0, 0.05) is 24.2 Å². The van der Waals surface area contributed by atoms with Crippen LogP contribution < -0.4 is 5.32 Å². The number of nitrogens with zero attached hydrogens (tertiary/aromatic N) is 2. The molecule has 0 unspecified atom stereocenters. The van der Waals surface area contributed by atoms with E-state index in [1.807, 2.05) is 25.1 Å². The van der Waals surface area contributed by atoms with Crippen molar-refractivity contribution in [3.8, 4) is 0 Å². The van der Waals surface area contributed by atoms with E-state index in [4.69, 9.17) is 5.11 Å². The van der Waals surface area contributed by atoms with E-state index in [0.717, 1.165) is 16.6 Å². The minimum absolute atomic E-state index is 0.0142. The number of likely N-dealkylation sites (N-methyl/N-ethyl adjacent to an activating group) is 1. The Morgan fingerprint density at radius 2 is 2.37 bits per heavy atom. The van der Waals surface area contributed by atoms with Crippen LogP contribution in [-0.4, -0.2) is 52.4 Å². The van der Waals surface area contributed by atoms with E-state index in [1.165, 1.54) is 0 Å². The topological polar surface area (TPSA) is 81.2 Å². The van der Waals surface area contributed by atoms with Crippen LogP contribution in [0.2, 0.25) is 0 Å². The molecule has 0 aliphatic rings. The third-order valence-corrected chi connectivity index (χ3v) is 2.99. The maximum Gasteiger partial charge on any atom is 0.241 e. The van der Waals surface area contributed by atoms with E-state index in [-0.39, 0.29) is 19.1 Å². The fraction of sp³-hybridized carbons (Fsp3) is 0.385. The second kappa shape index (κ2) is 6.19. The van der Waals surface area contributed by atoms with Crippen molar-refractivity contribution in [1.82, 2.24) is 15.1 Å². The summed E-state index contributed by atoms with van der Waals surface area (Å²) in [5.74, 6) is -0.0266. The molecule has 3 N–H and O–H groups in total. The predicted octanol–water partition coefficient (Wildman–Crippen LogP) is 0.816. The van der Waals surface area contributed by atoms with Crippen LogP contribution in [-0.2, 0) is 4.79 Å². The second-order valence-corrected chi connectivity index (χ2v) is 4.22. The average molecular weight is 262 g/mol. The highest BCUT2D eigenvalue weighted by molar-refractivity contribution is 5.84. The molecule has 0 saturated carbocycles. The van der Waals surface area contributed by atoms with Crippen LogP contribution in [0, 0.1) is 0 Å². The Kier molecular flexibility index (Phi) is 4.35. The first-order valence-electron chi connectivity index (χ1n) is 6.30. The number of anilines is 1. The second-order valence-electron chi connectivity index (χ2n) is 4.22. The number of hydrogen-bond donors (Lipinski definition) is 3. The summed E-state index contributed by atoms with van der Waals surface area (Å²) in [5, 5.41) is 19.8. The normalized spacial score (nSPS) is 10.6. The van der Waals surface area contributed by atoms with Crippen LogP contribution in [0.15, 0.2) is 24.4 Å². The number of hydrogen-bond acceptors (Lipinski definition) is 4. The monoisotopic (exact) mass is 262 g/mol. The first-order chi connectivity index (χ1) is 9.24. The van der Waals surface area contributed by atoms with Crippen molar-refractivity contribution >= 4 is 22.5 Å². The molecular weight excluding hydrogens is 244 g/mol. The van der Waals surface area contributed by atoms with Crippen LogP contribution in [0.3, 0.4) is 0 Å². The molecule has 1 aromatic carbocycles. The van der Waals surface area contributed by atoms with Gasteiger partial charge in [-0.3, -0.25) is 9.89 Å². The Labute approximate surface area is 111 Å². The van der Waals surface area contributed by atoms with Crippen molar-refractivity contribution in [2.45, 2.75) is 6.92 Å².